The third-order valence-electron chi connectivity index (χ3n) is 4.39. The Morgan fingerprint density at radius 1 is 0.696 bits per heavy atom. The quantitative estimate of drug-likeness (QED) is 0.519. The van der Waals surface area contributed by atoms with Gasteiger partial charge in [-0.2, -0.15) is 0 Å². The van der Waals surface area contributed by atoms with E-state index in [1.165, 1.54) is 22.3 Å². The van der Waals surface area contributed by atoms with E-state index in [9.17, 15) is 0 Å². The summed E-state index contributed by atoms with van der Waals surface area (Å²) in [5.41, 5.74) is 8.31. The molecule has 0 bridgehead atoms. The first-order valence-electron chi connectivity index (χ1n) is 7.83. The van der Waals surface area contributed by atoms with Crippen LogP contribution in [0.4, 0.5) is 0 Å². The van der Waals surface area contributed by atoms with E-state index in [0.717, 1.165) is 22.4 Å². The number of fused-ring (bicyclic) bond motifs is 1. The molecule has 1 heterocycles. The number of para-hydroxylation sites is 2. The summed E-state index contributed by atoms with van der Waals surface area (Å²) in [6.45, 7) is 4.30. The molecule has 0 atom stereocenters. The summed E-state index contributed by atoms with van der Waals surface area (Å²) in [7, 11) is 0. The maximum atomic E-state index is 4.66. The lowest BCUT2D eigenvalue weighted by Crippen LogP contribution is -1.85. The van der Waals surface area contributed by atoms with Crippen molar-refractivity contribution < 1.29 is 0 Å². The molecule has 0 saturated heterocycles. The predicted octanol–water partition coefficient (Wildman–Crippen LogP) is 5.51. The van der Waals surface area contributed by atoms with Crippen molar-refractivity contribution in [3.63, 3.8) is 0 Å². The number of aryl methyl sites for hydroxylation is 2. The van der Waals surface area contributed by atoms with Gasteiger partial charge in [-0.05, 0) is 48.2 Å². The van der Waals surface area contributed by atoms with Crippen LogP contribution in [-0.4, -0.2) is 9.97 Å². The van der Waals surface area contributed by atoms with Gasteiger partial charge >= 0.3 is 0 Å². The number of imidazole rings is 1. The smallest absolute Gasteiger partial charge is 0.138 e. The van der Waals surface area contributed by atoms with E-state index in [0.29, 0.717) is 0 Å². The second-order valence-electron chi connectivity index (χ2n) is 5.98. The van der Waals surface area contributed by atoms with E-state index in [-0.39, 0.29) is 0 Å². The van der Waals surface area contributed by atoms with Gasteiger partial charge in [-0.1, -0.05) is 54.6 Å². The Morgan fingerprint density at radius 3 is 2.13 bits per heavy atom. The van der Waals surface area contributed by atoms with Crippen molar-refractivity contribution in [2.45, 2.75) is 13.8 Å². The predicted molar refractivity (Wildman–Crippen MR) is 96.4 cm³/mol. The molecule has 4 rings (SSSR count). The number of H-pyrrole nitrogens is 1. The molecule has 1 N–H and O–H groups in total. The van der Waals surface area contributed by atoms with Crippen LogP contribution in [0.1, 0.15) is 11.1 Å². The van der Waals surface area contributed by atoms with Crippen LogP contribution >= 0.6 is 0 Å². The third-order valence-corrected chi connectivity index (χ3v) is 4.39. The van der Waals surface area contributed by atoms with E-state index >= 15 is 0 Å². The number of nitrogens with zero attached hydrogens (tertiary/aromatic N) is 1. The standard InChI is InChI=1S/C21H18N2/c1-14-7-8-18(13-15(14)2)16-9-11-17(12-10-16)21-22-19-5-3-4-6-20(19)23-21/h3-13H,1-2H3,(H,22,23). The highest BCUT2D eigenvalue weighted by Crippen LogP contribution is 2.26. The van der Waals surface area contributed by atoms with Crippen LogP contribution < -0.4 is 0 Å². The van der Waals surface area contributed by atoms with E-state index < -0.39 is 0 Å². The van der Waals surface area contributed by atoms with Crippen LogP contribution in [0.15, 0.2) is 66.7 Å². The summed E-state index contributed by atoms with van der Waals surface area (Å²) < 4.78 is 0. The average Bonchev–Trinajstić information content (AvgIpc) is 3.02. The van der Waals surface area contributed by atoms with Gasteiger partial charge < -0.3 is 4.98 Å². The molecule has 0 aliphatic heterocycles. The highest BCUT2D eigenvalue weighted by molar-refractivity contribution is 5.79. The first kappa shape index (κ1) is 13.8. The SMILES string of the molecule is Cc1ccc(-c2ccc(-c3nc4ccccc4[nH]3)cc2)cc1C. The van der Waals surface area contributed by atoms with Gasteiger partial charge in [0.15, 0.2) is 0 Å². The summed E-state index contributed by atoms with van der Waals surface area (Å²) in [5, 5.41) is 0. The molecule has 3 aromatic carbocycles. The fraction of sp³-hybridized carbons (Fsp3) is 0.0952. The van der Waals surface area contributed by atoms with Crippen molar-refractivity contribution in [3.8, 4) is 22.5 Å². The Morgan fingerprint density at radius 2 is 1.39 bits per heavy atom. The fourth-order valence-corrected chi connectivity index (χ4v) is 2.83. The summed E-state index contributed by atoms with van der Waals surface area (Å²) in [6, 6.07) is 23.3. The maximum Gasteiger partial charge on any atom is 0.138 e. The molecule has 112 valence electrons. The zero-order valence-corrected chi connectivity index (χ0v) is 13.3. The molecule has 1 aromatic heterocycles. The average molecular weight is 298 g/mol. The maximum absolute atomic E-state index is 4.66. The second-order valence-corrected chi connectivity index (χ2v) is 5.98. The molecular formula is C21H18N2. The van der Waals surface area contributed by atoms with Gasteiger partial charge in [0, 0.05) is 5.56 Å². The van der Waals surface area contributed by atoms with Crippen molar-refractivity contribution in [1.29, 1.82) is 0 Å². The van der Waals surface area contributed by atoms with Crippen LogP contribution in [0.3, 0.4) is 0 Å². The highest BCUT2D eigenvalue weighted by atomic mass is 14.9. The first-order valence-corrected chi connectivity index (χ1v) is 7.83. The molecular weight excluding hydrogens is 280 g/mol. The molecule has 0 aliphatic rings. The number of aromatic nitrogens is 2. The summed E-state index contributed by atoms with van der Waals surface area (Å²) in [6.07, 6.45) is 0. The van der Waals surface area contributed by atoms with Gasteiger partial charge in [0.05, 0.1) is 11.0 Å². The minimum atomic E-state index is 0.915. The van der Waals surface area contributed by atoms with Crippen LogP contribution in [0.2, 0.25) is 0 Å². The molecule has 0 radical (unpaired) electrons. The first-order chi connectivity index (χ1) is 11.2. The molecule has 0 amide bonds. The molecule has 23 heavy (non-hydrogen) atoms. The van der Waals surface area contributed by atoms with Crippen molar-refractivity contribution in [1.82, 2.24) is 9.97 Å². The highest BCUT2D eigenvalue weighted by Gasteiger charge is 2.06. The lowest BCUT2D eigenvalue weighted by Gasteiger charge is -2.06. The lowest BCUT2D eigenvalue weighted by atomic mass is 9.99. The van der Waals surface area contributed by atoms with Crippen LogP contribution in [0.25, 0.3) is 33.5 Å². The van der Waals surface area contributed by atoms with E-state index in [2.05, 4.69) is 72.3 Å². The molecule has 2 nitrogen and oxygen atoms in total. The number of hydrogen-bond acceptors (Lipinski definition) is 1. The number of benzene rings is 3. The van der Waals surface area contributed by atoms with Crippen LogP contribution in [-0.2, 0) is 0 Å². The molecule has 4 aromatic rings. The number of rotatable bonds is 2. The molecule has 0 spiro atoms. The monoisotopic (exact) mass is 298 g/mol. The third kappa shape index (κ3) is 2.53. The summed E-state index contributed by atoms with van der Waals surface area (Å²) in [4.78, 5) is 8.03. The molecule has 2 heteroatoms. The lowest BCUT2D eigenvalue weighted by molar-refractivity contribution is 1.33. The zero-order chi connectivity index (χ0) is 15.8. The fourth-order valence-electron chi connectivity index (χ4n) is 2.83. The largest absolute Gasteiger partial charge is 0.338 e. The number of nitrogens with one attached hydrogen (secondary N) is 1. The Bertz CT molecular complexity index is 945. The van der Waals surface area contributed by atoms with Crippen molar-refractivity contribution >= 4 is 11.0 Å². The Labute approximate surface area is 135 Å². The zero-order valence-electron chi connectivity index (χ0n) is 13.3. The number of aromatic amines is 1. The van der Waals surface area contributed by atoms with E-state index in [4.69, 9.17) is 0 Å². The van der Waals surface area contributed by atoms with Gasteiger partial charge in [-0.25, -0.2) is 4.98 Å². The van der Waals surface area contributed by atoms with Crippen molar-refractivity contribution in [2.75, 3.05) is 0 Å². The van der Waals surface area contributed by atoms with Crippen molar-refractivity contribution in [3.05, 3.63) is 77.9 Å². The Hall–Kier alpha value is -2.87. The molecule has 0 unspecified atom stereocenters. The van der Waals surface area contributed by atoms with Gasteiger partial charge in [0.2, 0.25) is 0 Å². The summed E-state index contributed by atoms with van der Waals surface area (Å²) >= 11 is 0. The van der Waals surface area contributed by atoms with Crippen LogP contribution in [0.5, 0.6) is 0 Å². The van der Waals surface area contributed by atoms with E-state index in [1.54, 1.807) is 0 Å². The molecule has 0 fully saturated rings. The van der Waals surface area contributed by atoms with Crippen LogP contribution in [0, 0.1) is 13.8 Å². The van der Waals surface area contributed by atoms with Crippen molar-refractivity contribution in [2.24, 2.45) is 0 Å². The topological polar surface area (TPSA) is 28.7 Å². The summed E-state index contributed by atoms with van der Waals surface area (Å²) in [5.74, 6) is 0.915. The normalized spacial score (nSPS) is 11.0. The minimum absolute atomic E-state index is 0.915. The van der Waals surface area contributed by atoms with Gasteiger partial charge in [0.1, 0.15) is 5.82 Å². The number of hydrogen-bond donors (Lipinski definition) is 1. The molecule has 0 aliphatic carbocycles. The molecule has 0 saturated carbocycles. The van der Waals surface area contributed by atoms with E-state index in [1.807, 2.05) is 18.2 Å². The van der Waals surface area contributed by atoms with Gasteiger partial charge in [-0.3, -0.25) is 0 Å². The Balaban J connectivity index is 1.71. The van der Waals surface area contributed by atoms with Gasteiger partial charge in [0.25, 0.3) is 0 Å². The second kappa shape index (κ2) is 5.40. The Kier molecular flexibility index (Phi) is 3.23. The van der Waals surface area contributed by atoms with Gasteiger partial charge in [-0.15, -0.1) is 0 Å². The minimum Gasteiger partial charge on any atom is -0.338 e.